The number of nitrogens with zero attached hydrogens (tertiary/aromatic N) is 2. The van der Waals surface area contributed by atoms with Crippen LogP contribution in [0, 0.1) is 5.82 Å². The van der Waals surface area contributed by atoms with Crippen molar-refractivity contribution >= 4 is 33.4 Å². The molecule has 1 aliphatic rings. The third-order valence-corrected chi connectivity index (χ3v) is 6.32. The number of H-pyrrole nitrogens is 2. The van der Waals surface area contributed by atoms with E-state index in [4.69, 9.17) is 11.6 Å². The summed E-state index contributed by atoms with van der Waals surface area (Å²) in [5.41, 5.74) is 2.66. The van der Waals surface area contributed by atoms with E-state index in [0.717, 1.165) is 49.4 Å². The van der Waals surface area contributed by atoms with Gasteiger partial charge in [0.25, 0.3) is 5.56 Å². The summed E-state index contributed by atoms with van der Waals surface area (Å²) < 4.78 is 13.4. The van der Waals surface area contributed by atoms with Crippen molar-refractivity contribution in [2.24, 2.45) is 0 Å². The highest BCUT2D eigenvalue weighted by Gasteiger charge is 2.23. The molecular formula is C23H22ClFN4O. The number of fused-ring (bicyclic) bond motifs is 2. The molecule has 0 bridgehead atoms. The Kier molecular flexibility index (Phi) is 5.05. The molecule has 154 valence electrons. The van der Waals surface area contributed by atoms with Gasteiger partial charge in [0.05, 0.1) is 10.9 Å². The summed E-state index contributed by atoms with van der Waals surface area (Å²) >= 11 is 6.07. The number of nitrogens with one attached hydrogen (secondary N) is 2. The summed E-state index contributed by atoms with van der Waals surface area (Å²) in [4.78, 5) is 25.6. The smallest absolute Gasteiger partial charge is 0.258 e. The molecule has 1 saturated heterocycles. The second-order valence-corrected chi connectivity index (χ2v) is 8.42. The molecule has 5 rings (SSSR count). The summed E-state index contributed by atoms with van der Waals surface area (Å²) in [6.07, 6.45) is 4.93. The molecule has 0 unspecified atom stereocenters. The zero-order valence-electron chi connectivity index (χ0n) is 16.4. The summed E-state index contributed by atoms with van der Waals surface area (Å²) in [5, 5.41) is 2.27. The number of halogens is 2. The van der Waals surface area contributed by atoms with Gasteiger partial charge in [-0.2, -0.15) is 0 Å². The van der Waals surface area contributed by atoms with Gasteiger partial charge in [-0.15, -0.1) is 0 Å². The molecule has 1 fully saturated rings. The van der Waals surface area contributed by atoms with Crippen molar-refractivity contribution in [3.8, 4) is 0 Å². The number of aromatic nitrogens is 3. The number of piperidine rings is 1. The van der Waals surface area contributed by atoms with Crippen molar-refractivity contribution in [3.63, 3.8) is 0 Å². The van der Waals surface area contributed by atoms with Crippen LogP contribution in [0.1, 0.15) is 30.1 Å². The van der Waals surface area contributed by atoms with Crippen LogP contribution in [0.15, 0.2) is 47.4 Å². The van der Waals surface area contributed by atoms with Gasteiger partial charge in [-0.05, 0) is 68.2 Å². The molecule has 2 aromatic carbocycles. The Morgan fingerprint density at radius 3 is 2.80 bits per heavy atom. The Hall–Kier alpha value is -2.70. The molecule has 0 spiro atoms. The van der Waals surface area contributed by atoms with Crippen LogP contribution in [-0.2, 0) is 6.42 Å². The maximum Gasteiger partial charge on any atom is 0.258 e. The topological polar surface area (TPSA) is 64.8 Å². The van der Waals surface area contributed by atoms with Gasteiger partial charge in [-0.3, -0.25) is 4.79 Å². The van der Waals surface area contributed by atoms with Crippen molar-refractivity contribution in [2.45, 2.75) is 25.2 Å². The monoisotopic (exact) mass is 424 g/mol. The molecule has 5 nitrogen and oxygen atoms in total. The Morgan fingerprint density at radius 1 is 1.13 bits per heavy atom. The van der Waals surface area contributed by atoms with E-state index in [9.17, 15) is 9.18 Å². The Labute approximate surface area is 177 Å². The van der Waals surface area contributed by atoms with Gasteiger partial charge in [0.2, 0.25) is 0 Å². The van der Waals surface area contributed by atoms with E-state index in [0.29, 0.717) is 16.7 Å². The first-order valence-electron chi connectivity index (χ1n) is 10.2. The van der Waals surface area contributed by atoms with E-state index in [1.54, 1.807) is 6.07 Å². The number of benzene rings is 2. The van der Waals surface area contributed by atoms with E-state index in [1.807, 2.05) is 12.1 Å². The van der Waals surface area contributed by atoms with Gasteiger partial charge in [0.1, 0.15) is 11.6 Å². The highest BCUT2D eigenvalue weighted by Crippen LogP contribution is 2.27. The molecule has 0 aliphatic carbocycles. The molecular weight excluding hydrogens is 403 g/mol. The zero-order valence-corrected chi connectivity index (χ0v) is 17.2. The van der Waals surface area contributed by atoms with Crippen molar-refractivity contribution in [3.05, 3.63) is 75.2 Å². The molecule has 3 heterocycles. The van der Waals surface area contributed by atoms with Gasteiger partial charge in [-0.1, -0.05) is 17.7 Å². The average molecular weight is 425 g/mol. The minimum Gasteiger partial charge on any atom is -0.361 e. The molecule has 7 heteroatoms. The third kappa shape index (κ3) is 3.73. The minimum absolute atomic E-state index is 0.221. The first-order valence-corrected chi connectivity index (χ1v) is 10.6. The Bertz CT molecular complexity index is 1270. The van der Waals surface area contributed by atoms with Gasteiger partial charge in [0.15, 0.2) is 0 Å². The van der Waals surface area contributed by atoms with Crippen LogP contribution in [0.5, 0.6) is 0 Å². The second kappa shape index (κ2) is 7.85. The molecule has 2 aromatic heterocycles. The standard InChI is InChI=1S/C23H22ClFN4O/c24-16-1-3-18-15(13-26-21(18)11-16)7-10-29-8-5-14(6-9-29)22-27-20-4-2-17(25)12-19(20)23(30)28-22/h1-4,11-14,26H,5-10H2,(H,27,28,30). The van der Waals surface area contributed by atoms with Crippen molar-refractivity contribution in [2.75, 3.05) is 19.6 Å². The SMILES string of the molecule is O=c1[nH]c(C2CCN(CCc3c[nH]c4cc(Cl)ccc34)CC2)nc2ccc(F)cc12. The highest BCUT2D eigenvalue weighted by molar-refractivity contribution is 6.31. The van der Waals surface area contributed by atoms with E-state index >= 15 is 0 Å². The zero-order chi connectivity index (χ0) is 20.7. The number of likely N-dealkylation sites (tertiary alicyclic amines) is 1. The molecule has 1 aliphatic heterocycles. The van der Waals surface area contributed by atoms with Crippen LogP contribution in [0.25, 0.3) is 21.8 Å². The lowest BCUT2D eigenvalue weighted by molar-refractivity contribution is 0.211. The highest BCUT2D eigenvalue weighted by atomic mass is 35.5. The predicted molar refractivity (Wildman–Crippen MR) is 118 cm³/mol. The van der Waals surface area contributed by atoms with E-state index < -0.39 is 5.82 Å². The van der Waals surface area contributed by atoms with E-state index in [1.165, 1.54) is 23.1 Å². The Balaban J connectivity index is 1.23. The number of aromatic amines is 2. The molecule has 2 N–H and O–H groups in total. The molecule has 30 heavy (non-hydrogen) atoms. The van der Waals surface area contributed by atoms with Crippen molar-refractivity contribution in [1.82, 2.24) is 19.9 Å². The quantitative estimate of drug-likeness (QED) is 0.502. The Morgan fingerprint density at radius 2 is 1.97 bits per heavy atom. The third-order valence-electron chi connectivity index (χ3n) is 6.09. The van der Waals surface area contributed by atoms with Crippen molar-refractivity contribution in [1.29, 1.82) is 0 Å². The van der Waals surface area contributed by atoms with E-state index in [-0.39, 0.29) is 11.5 Å². The molecule has 0 atom stereocenters. The average Bonchev–Trinajstić information content (AvgIpc) is 3.15. The summed E-state index contributed by atoms with van der Waals surface area (Å²) in [6, 6.07) is 10.1. The van der Waals surface area contributed by atoms with Gasteiger partial charge >= 0.3 is 0 Å². The van der Waals surface area contributed by atoms with E-state index in [2.05, 4.69) is 32.1 Å². The van der Waals surface area contributed by atoms with Gasteiger partial charge < -0.3 is 14.9 Å². The maximum atomic E-state index is 13.4. The first kappa shape index (κ1) is 19.3. The summed E-state index contributed by atoms with van der Waals surface area (Å²) in [7, 11) is 0. The largest absolute Gasteiger partial charge is 0.361 e. The molecule has 0 saturated carbocycles. The number of hydrogen-bond acceptors (Lipinski definition) is 3. The lowest BCUT2D eigenvalue weighted by Crippen LogP contribution is -2.35. The van der Waals surface area contributed by atoms with Crippen LogP contribution in [0.4, 0.5) is 4.39 Å². The minimum atomic E-state index is -0.422. The number of rotatable bonds is 4. The fraction of sp³-hybridized carbons (Fsp3) is 0.304. The summed E-state index contributed by atoms with van der Waals surface area (Å²) in [6.45, 7) is 2.91. The molecule has 0 amide bonds. The van der Waals surface area contributed by atoms with Crippen LogP contribution in [0.2, 0.25) is 5.02 Å². The fourth-order valence-corrected chi connectivity index (χ4v) is 4.57. The normalized spacial score (nSPS) is 15.9. The lowest BCUT2D eigenvalue weighted by atomic mass is 9.95. The van der Waals surface area contributed by atoms with Gasteiger partial charge in [0, 0.05) is 34.6 Å². The molecule has 0 radical (unpaired) electrons. The lowest BCUT2D eigenvalue weighted by Gasteiger charge is -2.31. The van der Waals surface area contributed by atoms with Crippen LogP contribution in [-0.4, -0.2) is 39.5 Å². The van der Waals surface area contributed by atoms with Crippen molar-refractivity contribution < 1.29 is 4.39 Å². The second-order valence-electron chi connectivity index (χ2n) is 7.98. The van der Waals surface area contributed by atoms with Gasteiger partial charge in [-0.25, -0.2) is 9.37 Å². The number of hydrogen-bond donors (Lipinski definition) is 2. The first-order chi connectivity index (χ1) is 14.6. The van der Waals surface area contributed by atoms with Crippen LogP contribution < -0.4 is 5.56 Å². The van der Waals surface area contributed by atoms with Crippen LogP contribution in [0.3, 0.4) is 0 Å². The summed E-state index contributed by atoms with van der Waals surface area (Å²) in [5.74, 6) is 0.514. The maximum absolute atomic E-state index is 13.4. The molecule has 4 aromatic rings. The predicted octanol–water partition coefficient (Wildman–Crippen LogP) is 4.62. The fourth-order valence-electron chi connectivity index (χ4n) is 4.40. The van der Waals surface area contributed by atoms with Crippen LogP contribution >= 0.6 is 11.6 Å².